The van der Waals surface area contributed by atoms with Crippen molar-refractivity contribution >= 4 is 50.2 Å². The van der Waals surface area contributed by atoms with E-state index in [1.807, 2.05) is 0 Å². The van der Waals surface area contributed by atoms with Crippen LogP contribution in [0.1, 0.15) is 32.9 Å². The molecule has 194 valence electrons. The maximum atomic E-state index is 13.3. The summed E-state index contributed by atoms with van der Waals surface area (Å²) in [5.41, 5.74) is 0.628. The molecule has 4 rings (SSSR count). The maximum Gasteiger partial charge on any atom is 0.433 e. The number of nitrogens with zero attached hydrogens (tertiary/aromatic N) is 5. The molecule has 3 aromatic heterocycles. The highest BCUT2D eigenvalue weighted by Crippen LogP contribution is 2.34. The van der Waals surface area contributed by atoms with E-state index in [4.69, 9.17) is 23.2 Å². The Balaban J connectivity index is 1.65. The number of fused-ring (bicyclic) bond motifs is 1. The summed E-state index contributed by atoms with van der Waals surface area (Å²) in [6, 6.07) is 2.71. The number of sulfonamides is 1. The molecule has 0 radical (unpaired) electrons. The van der Waals surface area contributed by atoms with E-state index in [0.29, 0.717) is 22.2 Å². The maximum absolute atomic E-state index is 13.3. The lowest BCUT2D eigenvalue weighted by molar-refractivity contribution is -0.141. The Morgan fingerprint density at radius 1 is 1.14 bits per heavy atom. The highest BCUT2D eigenvalue weighted by Gasteiger charge is 2.34. The Labute approximate surface area is 215 Å². The molecule has 0 spiro atoms. The van der Waals surface area contributed by atoms with Gasteiger partial charge in [0.15, 0.2) is 0 Å². The Bertz CT molecular complexity index is 1470. The van der Waals surface area contributed by atoms with Gasteiger partial charge in [0.25, 0.3) is 5.91 Å². The van der Waals surface area contributed by atoms with Crippen LogP contribution in [-0.2, 0) is 29.7 Å². The SMILES string of the molecule is Cc1cc(C(F)(F)F)nc2c1cc(Cc1c(Cl)ncc(C(=O)N3CCN(S(C)(=O)=O)CC3)c1Cl)n2C. The molecule has 4 heterocycles. The molecule has 1 aliphatic rings. The van der Waals surface area contributed by atoms with Crippen LogP contribution in [0.2, 0.25) is 10.2 Å². The zero-order valence-corrected chi connectivity index (χ0v) is 21.9. The highest BCUT2D eigenvalue weighted by molar-refractivity contribution is 7.88. The monoisotopic (exact) mass is 563 g/mol. The number of pyridine rings is 2. The molecule has 0 saturated carbocycles. The third kappa shape index (κ3) is 5.04. The van der Waals surface area contributed by atoms with Crippen LogP contribution in [-0.4, -0.2) is 70.5 Å². The molecule has 36 heavy (non-hydrogen) atoms. The molecule has 0 unspecified atom stereocenters. The van der Waals surface area contributed by atoms with Crippen molar-refractivity contribution in [2.45, 2.75) is 19.5 Å². The first-order valence-corrected chi connectivity index (χ1v) is 13.4. The van der Waals surface area contributed by atoms with Crippen LogP contribution in [0.15, 0.2) is 18.3 Å². The van der Waals surface area contributed by atoms with E-state index in [0.717, 1.165) is 12.3 Å². The molecule has 3 aromatic rings. The molecule has 1 saturated heterocycles. The van der Waals surface area contributed by atoms with Crippen molar-refractivity contribution in [3.8, 4) is 0 Å². The topological polar surface area (TPSA) is 88.4 Å². The summed E-state index contributed by atoms with van der Waals surface area (Å²) in [5, 5.41) is 0.692. The Morgan fingerprint density at radius 2 is 1.78 bits per heavy atom. The van der Waals surface area contributed by atoms with Crippen molar-refractivity contribution in [3.05, 3.63) is 56.6 Å². The number of carbonyl (C=O) groups is 1. The molecule has 1 fully saturated rings. The van der Waals surface area contributed by atoms with Gasteiger partial charge in [0.1, 0.15) is 16.5 Å². The minimum absolute atomic E-state index is 0.0596. The summed E-state index contributed by atoms with van der Waals surface area (Å²) in [4.78, 5) is 22.5. The van der Waals surface area contributed by atoms with Gasteiger partial charge in [-0.2, -0.15) is 17.5 Å². The zero-order chi connectivity index (χ0) is 26.6. The number of amides is 1. The van der Waals surface area contributed by atoms with E-state index in [1.165, 1.54) is 20.0 Å². The van der Waals surface area contributed by atoms with Crippen LogP contribution in [0.5, 0.6) is 0 Å². The van der Waals surface area contributed by atoms with Crippen LogP contribution < -0.4 is 0 Å². The molecule has 1 aliphatic heterocycles. The quantitative estimate of drug-likeness (QED) is 0.449. The van der Waals surface area contributed by atoms with Crippen molar-refractivity contribution in [1.82, 2.24) is 23.7 Å². The summed E-state index contributed by atoms with van der Waals surface area (Å²) < 4.78 is 66.1. The summed E-state index contributed by atoms with van der Waals surface area (Å²) in [7, 11) is -1.76. The summed E-state index contributed by atoms with van der Waals surface area (Å²) in [5.74, 6) is -0.414. The average molecular weight is 564 g/mol. The van der Waals surface area contributed by atoms with Crippen LogP contribution >= 0.6 is 23.2 Å². The fraction of sp³-hybridized carbons (Fsp3) is 0.409. The molecular weight excluding hydrogens is 542 g/mol. The van der Waals surface area contributed by atoms with Gasteiger partial charge in [0, 0.05) is 62.5 Å². The second kappa shape index (κ2) is 9.47. The fourth-order valence-electron chi connectivity index (χ4n) is 4.20. The Kier molecular flexibility index (Phi) is 7.01. The van der Waals surface area contributed by atoms with Crippen molar-refractivity contribution in [2.24, 2.45) is 7.05 Å². The molecule has 1 amide bonds. The van der Waals surface area contributed by atoms with E-state index in [9.17, 15) is 26.4 Å². The number of rotatable bonds is 4. The number of aromatic nitrogens is 3. The Hall–Kier alpha value is -2.41. The molecule has 0 N–H and O–H groups in total. The second-order valence-corrected chi connectivity index (χ2v) is 11.4. The van der Waals surface area contributed by atoms with Gasteiger partial charge < -0.3 is 9.47 Å². The lowest BCUT2D eigenvalue weighted by Crippen LogP contribution is -2.50. The third-order valence-electron chi connectivity index (χ3n) is 6.24. The van der Waals surface area contributed by atoms with Gasteiger partial charge in [-0.25, -0.2) is 18.4 Å². The number of alkyl halides is 3. The number of carbonyl (C=O) groups excluding carboxylic acids is 1. The van der Waals surface area contributed by atoms with E-state index in [2.05, 4.69) is 9.97 Å². The van der Waals surface area contributed by atoms with E-state index < -0.39 is 27.8 Å². The molecule has 0 aromatic carbocycles. The van der Waals surface area contributed by atoms with E-state index >= 15 is 0 Å². The summed E-state index contributed by atoms with van der Waals surface area (Å²) in [6.07, 6.45) is -2.10. The van der Waals surface area contributed by atoms with Gasteiger partial charge in [-0.05, 0) is 24.6 Å². The molecule has 0 bridgehead atoms. The van der Waals surface area contributed by atoms with Crippen LogP contribution in [0.25, 0.3) is 11.0 Å². The van der Waals surface area contributed by atoms with Crippen LogP contribution in [0.3, 0.4) is 0 Å². The third-order valence-corrected chi connectivity index (χ3v) is 8.30. The zero-order valence-electron chi connectivity index (χ0n) is 19.5. The van der Waals surface area contributed by atoms with Crippen molar-refractivity contribution in [3.63, 3.8) is 0 Å². The number of halogens is 5. The standard InChI is InChI=1S/C22H22Cl2F3N5O3S/c1-12-8-17(22(25,26)27)29-20-14(12)9-13(30(20)2)10-15-18(23)16(11-28-19(15)24)21(33)31-4-6-32(7-5-31)36(3,34)35/h8-9,11H,4-7,10H2,1-3H3. The van der Waals surface area contributed by atoms with Crippen molar-refractivity contribution < 1.29 is 26.4 Å². The fourth-order valence-corrected chi connectivity index (χ4v) is 5.57. The Morgan fingerprint density at radius 3 is 2.36 bits per heavy atom. The first-order chi connectivity index (χ1) is 16.7. The number of piperazine rings is 1. The molecule has 0 atom stereocenters. The molecule has 14 heteroatoms. The molecular formula is C22H22Cl2F3N5O3S. The molecule has 8 nitrogen and oxygen atoms in total. The van der Waals surface area contributed by atoms with E-state index in [1.54, 1.807) is 20.0 Å². The van der Waals surface area contributed by atoms with Gasteiger partial charge in [-0.3, -0.25) is 4.79 Å². The normalized spacial score (nSPS) is 15.6. The summed E-state index contributed by atoms with van der Waals surface area (Å²) >= 11 is 12.9. The van der Waals surface area contributed by atoms with Crippen LogP contribution in [0, 0.1) is 6.92 Å². The number of hydrogen-bond acceptors (Lipinski definition) is 5. The highest BCUT2D eigenvalue weighted by atomic mass is 35.5. The largest absolute Gasteiger partial charge is 0.433 e. The van der Waals surface area contributed by atoms with Crippen LogP contribution in [0.4, 0.5) is 13.2 Å². The predicted octanol–water partition coefficient (Wildman–Crippen LogP) is 3.91. The summed E-state index contributed by atoms with van der Waals surface area (Å²) in [6.45, 7) is 2.29. The van der Waals surface area contributed by atoms with Gasteiger partial charge in [-0.1, -0.05) is 23.2 Å². The van der Waals surface area contributed by atoms with Gasteiger partial charge >= 0.3 is 6.18 Å². The number of aryl methyl sites for hydroxylation is 2. The predicted molar refractivity (Wildman–Crippen MR) is 130 cm³/mol. The van der Waals surface area contributed by atoms with Gasteiger partial charge in [-0.15, -0.1) is 0 Å². The van der Waals surface area contributed by atoms with E-state index in [-0.39, 0.29) is 54.0 Å². The second-order valence-electron chi connectivity index (χ2n) is 8.64. The van der Waals surface area contributed by atoms with Crippen molar-refractivity contribution in [1.29, 1.82) is 0 Å². The number of hydrogen-bond donors (Lipinski definition) is 0. The van der Waals surface area contributed by atoms with Gasteiger partial charge in [0.05, 0.1) is 16.8 Å². The smallest absolute Gasteiger partial charge is 0.336 e. The van der Waals surface area contributed by atoms with Gasteiger partial charge in [0.2, 0.25) is 10.0 Å². The minimum Gasteiger partial charge on any atom is -0.336 e. The molecule has 0 aliphatic carbocycles. The van der Waals surface area contributed by atoms with Crippen molar-refractivity contribution in [2.75, 3.05) is 32.4 Å². The minimum atomic E-state index is -4.58. The first kappa shape index (κ1) is 26.6. The lowest BCUT2D eigenvalue weighted by atomic mass is 10.1. The lowest BCUT2D eigenvalue weighted by Gasteiger charge is -2.33. The first-order valence-electron chi connectivity index (χ1n) is 10.8. The average Bonchev–Trinajstić information content (AvgIpc) is 3.11.